The van der Waals surface area contributed by atoms with Crippen LogP contribution in [0, 0.1) is 6.92 Å². The van der Waals surface area contributed by atoms with Crippen molar-refractivity contribution in [3.63, 3.8) is 0 Å². The van der Waals surface area contributed by atoms with Crippen molar-refractivity contribution in [3.8, 4) is 0 Å². The zero-order valence-corrected chi connectivity index (χ0v) is 16.8. The van der Waals surface area contributed by atoms with E-state index < -0.39 is 6.10 Å². The van der Waals surface area contributed by atoms with Crippen molar-refractivity contribution >= 4 is 17.5 Å². The van der Waals surface area contributed by atoms with Gasteiger partial charge in [0.25, 0.3) is 5.91 Å². The molecule has 3 heterocycles. The van der Waals surface area contributed by atoms with Crippen LogP contribution in [0.4, 0.5) is 11.6 Å². The lowest BCUT2D eigenvalue weighted by atomic mass is 10.00. The molecule has 0 spiro atoms. The number of H-pyrrole nitrogens is 1. The van der Waals surface area contributed by atoms with Gasteiger partial charge in [-0.2, -0.15) is 5.10 Å². The maximum absolute atomic E-state index is 12.4. The second kappa shape index (κ2) is 9.02. The van der Waals surface area contributed by atoms with Crippen molar-refractivity contribution in [1.82, 2.24) is 30.4 Å². The number of benzene rings is 1. The van der Waals surface area contributed by atoms with Gasteiger partial charge in [0.05, 0.1) is 6.10 Å². The standard InChI is InChI=1S/C21H25N7O2/c1-14-8-20(27-26-14)25-19-9-18(23-13-24-19)21(30)22-10-17(29)12-28-7-6-15-4-2-3-5-16(15)11-28/h2-5,8-9,13,17,29H,6-7,10-12H2,1H3,(H,22,30)(H2,23,24,25,26,27)/t17-/m0/s1. The summed E-state index contributed by atoms with van der Waals surface area (Å²) in [6.07, 6.45) is 1.63. The number of aromatic nitrogens is 4. The molecule has 0 fully saturated rings. The highest BCUT2D eigenvalue weighted by Crippen LogP contribution is 2.18. The highest BCUT2D eigenvalue weighted by Gasteiger charge is 2.19. The fourth-order valence-electron chi connectivity index (χ4n) is 3.54. The third-order valence-corrected chi connectivity index (χ3v) is 5.04. The molecule has 0 saturated heterocycles. The Balaban J connectivity index is 1.27. The maximum Gasteiger partial charge on any atom is 0.270 e. The first kappa shape index (κ1) is 20.0. The summed E-state index contributed by atoms with van der Waals surface area (Å²) >= 11 is 0. The van der Waals surface area contributed by atoms with Crippen LogP contribution in [0.1, 0.15) is 27.3 Å². The lowest BCUT2D eigenvalue weighted by Gasteiger charge is -2.30. The van der Waals surface area contributed by atoms with E-state index in [1.54, 1.807) is 6.07 Å². The zero-order chi connectivity index (χ0) is 20.9. The Morgan fingerprint density at radius 2 is 2.07 bits per heavy atom. The number of rotatable bonds is 7. The van der Waals surface area contributed by atoms with Crippen LogP contribution < -0.4 is 10.6 Å². The first-order chi connectivity index (χ1) is 14.6. The molecule has 0 radical (unpaired) electrons. The first-order valence-corrected chi connectivity index (χ1v) is 9.93. The second-order valence-corrected chi connectivity index (χ2v) is 7.47. The van der Waals surface area contributed by atoms with E-state index in [4.69, 9.17) is 0 Å². The molecule has 2 aromatic heterocycles. The van der Waals surface area contributed by atoms with Crippen molar-refractivity contribution in [3.05, 3.63) is 65.2 Å². The smallest absolute Gasteiger partial charge is 0.270 e. The molecule has 1 amide bonds. The molecule has 0 saturated carbocycles. The van der Waals surface area contributed by atoms with E-state index >= 15 is 0 Å². The van der Waals surface area contributed by atoms with E-state index in [1.807, 2.05) is 19.1 Å². The topological polar surface area (TPSA) is 119 Å². The zero-order valence-electron chi connectivity index (χ0n) is 16.8. The Hall–Kier alpha value is -3.30. The number of carbonyl (C=O) groups excluding carboxylic acids is 1. The quantitative estimate of drug-likeness (QED) is 0.467. The van der Waals surface area contributed by atoms with Crippen LogP contribution in [0.25, 0.3) is 0 Å². The molecule has 4 N–H and O–H groups in total. The Kier molecular flexibility index (Phi) is 6.01. The number of nitrogens with one attached hydrogen (secondary N) is 3. The molecule has 1 aliphatic rings. The van der Waals surface area contributed by atoms with Gasteiger partial charge in [-0.05, 0) is 24.5 Å². The average Bonchev–Trinajstić information content (AvgIpc) is 3.16. The first-order valence-electron chi connectivity index (χ1n) is 9.93. The van der Waals surface area contributed by atoms with Gasteiger partial charge in [0.1, 0.15) is 17.8 Å². The van der Waals surface area contributed by atoms with Gasteiger partial charge in [0.2, 0.25) is 0 Å². The molecule has 30 heavy (non-hydrogen) atoms. The number of anilines is 2. The van der Waals surface area contributed by atoms with E-state index in [9.17, 15) is 9.90 Å². The van der Waals surface area contributed by atoms with Gasteiger partial charge in [-0.25, -0.2) is 9.97 Å². The van der Waals surface area contributed by atoms with Gasteiger partial charge in [0, 0.05) is 44.0 Å². The summed E-state index contributed by atoms with van der Waals surface area (Å²) in [6, 6.07) is 11.8. The van der Waals surface area contributed by atoms with Crippen molar-refractivity contribution in [1.29, 1.82) is 0 Å². The minimum absolute atomic E-state index is 0.155. The van der Waals surface area contributed by atoms with E-state index in [0.29, 0.717) is 18.2 Å². The van der Waals surface area contributed by atoms with Crippen LogP contribution in [0.2, 0.25) is 0 Å². The Morgan fingerprint density at radius 3 is 2.87 bits per heavy atom. The number of aliphatic hydroxyl groups is 1. The fraction of sp³-hybridized carbons (Fsp3) is 0.333. The molecule has 1 atom stereocenters. The number of fused-ring (bicyclic) bond motifs is 1. The normalized spacial score (nSPS) is 14.7. The number of hydrogen-bond donors (Lipinski definition) is 4. The minimum atomic E-state index is -0.661. The van der Waals surface area contributed by atoms with Crippen molar-refractivity contribution in [2.45, 2.75) is 26.0 Å². The molecule has 1 aliphatic heterocycles. The summed E-state index contributed by atoms with van der Waals surface area (Å²) in [5.41, 5.74) is 3.80. The summed E-state index contributed by atoms with van der Waals surface area (Å²) in [5.74, 6) is 0.715. The summed E-state index contributed by atoms with van der Waals surface area (Å²) < 4.78 is 0. The molecule has 156 valence electrons. The molecule has 9 nitrogen and oxygen atoms in total. The molecule has 9 heteroatoms. The molecule has 3 aromatic rings. The molecule has 4 rings (SSSR count). The van der Waals surface area contributed by atoms with E-state index in [1.165, 1.54) is 17.5 Å². The molecular weight excluding hydrogens is 382 g/mol. The van der Waals surface area contributed by atoms with E-state index in [0.717, 1.165) is 25.2 Å². The molecule has 0 aliphatic carbocycles. The maximum atomic E-state index is 12.4. The van der Waals surface area contributed by atoms with Crippen LogP contribution in [-0.4, -0.2) is 61.8 Å². The number of β-amino-alcohol motifs (C(OH)–C–C–N with tert-alkyl or cyclic N) is 1. The van der Waals surface area contributed by atoms with Crippen molar-refractivity contribution < 1.29 is 9.90 Å². The number of aromatic amines is 1. The van der Waals surface area contributed by atoms with Crippen LogP contribution >= 0.6 is 0 Å². The highest BCUT2D eigenvalue weighted by atomic mass is 16.3. The largest absolute Gasteiger partial charge is 0.390 e. The van der Waals surface area contributed by atoms with Gasteiger partial charge in [-0.15, -0.1) is 0 Å². The Labute approximate surface area is 174 Å². The summed E-state index contributed by atoms with van der Waals surface area (Å²) in [5, 5.41) is 23.1. The van der Waals surface area contributed by atoms with E-state index in [2.05, 4.69) is 53.9 Å². The molecule has 1 aromatic carbocycles. The van der Waals surface area contributed by atoms with Crippen LogP contribution in [0.15, 0.2) is 42.7 Å². The van der Waals surface area contributed by atoms with Crippen LogP contribution in [0.3, 0.4) is 0 Å². The number of aliphatic hydroxyl groups excluding tert-OH is 1. The number of hydrogen-bond acceptors (Lipinski definition) is 7. The lowest BCUT2D eigenvalue weighted by molar-refractivity contribution is 0.0838. The minimum Gasteiger partial charge on any atom is -0.390 e. The predicted octanol–water partition coefficient (Wildman–Crippen LogP) is 1.40. The average molecular weight is 407 g/mol. The van der Waals surface area contributed by atoms with Crippen LogP contribution in [-0.2, 0) is 13.0 Å². The Morgan fingerprint density at radius 1 is 1.23 bits per heavy atom. The monoisotopic (exact) mass is 407 g/mol. The predicted molar refractivity (Wildman–Crippen MR) is 112 cm³/mol. The van der Waals surface area contributed by atoms with Crippen molar-refractivity contribution in [2.24, 2.45) is 0 Å². The number of aryl methyl sites for hydroxylation is 1. The Bertz CT molecular complexity index is 1020. The van der Waals surface area contributed by atoms with Crippen molar-refractivity contribution in [2.75, 3.05) is 25.0 Å². The molecule has 0 unspecified atom stereocenters. The lowest BCUT2D eigenvalue weighted by Crippen LogP contribution is -2.42. The van der Waals surface area contributed by atoms with Gasteiger partial charge in [0.15, 0.2) is 5.82 Å². The highest BCUT2D eigenvalue weighted by molar-refractivity contribution is 5.92. The third-order valence-electron chi connectivity index (χ3n) is 5.04. The molecular formula is C21H25N7O2. The summed E-state index contributed by atoms with van der Waals surface area (Å²) in [7, 11) is 0. The number of nitrogens with zero attached hydrogens (tertiary/aromatic N) is 4. The van der Waals surface area contributed by atoms with Gasteiger partial charge < -0.3 is 15.7 Å². The second-order valence-electron chi connectivity index (χ2n) is 7.47. The van der Waals surface area contributed by atoms with Gasteiger partial charge >= 0.3 is 0 Å². The number of carbonyl (C=O) groups is 1. The van der Waals surface area contributed by atoms with Crippen LogP contribution in [0.5, 0.6) is 0 Å². The van der Waals surface area contributed by atoms with Gasteiger partial charge in [-0.1, -0.05) is 24.3 Å². The summed E-state index contributed by atoms with van der Waals surface area (Å²) in [6.45, 7) is 4.27. The van der Waals surface area contributed by atoms with E-state index in [-0.39, 0.29) is 18.1 Å². The third kappa shape index (κ3) is 5.00. The molecule has 0 bridgehead atoms. The number of amides is 1. The van der Waals surface area contributed by atoms with Gasteiger partial charge in [-0.3, -0.25) is 14.8 Å². The summed E-state index contributed by atoms with van der Waals surface area (Å²) in [4.78, 5) is 22.8. The fourth-order valence-corrected chi connectivity index (χ4v) is 3.54. The SMILES string of the molecule is Cc1cc(Nc2cc(C(=O)NC[C@H](O)CN3CCc4ccccc4C3)ncn2)n[nH]1.